The molecule has 0 fully saturated rings. The van der Waals surface area contributed by atoms with Crippen molar-refractivity contribution in [1.29, 1.82) is 0 Å². The van der Waals surface area contributed by atoms with Crippen LogP contribution in [-0.2, 0) is 107 Å². The standard InChI is InChI=1S/C22H22N.3C21H20N.C5H8O2.4Ir/c1-16-8-13-21(23-15-16)19-7-5-6-18(14-19)17-9-11-20(12-10-17)22(2,3)4;1-21(2,3)19-12-10-16(11-13-19)17-7-6-8-18(15-17)20-9-4-5-14-22-20;1-21(2,3)19-12-13-22-20(15-19)18-11-7-10-17(14-18)16-8-5-4-6-9-16;1-21(2,3)19-12-13-20(22-15-19)18-11-7-10-17(14-18)16-8-5-4-6-9-16;1-4(6)3-5(2)7;;;;/h5-6,8-15H,1-4H3;4-7,9-15H,1-3H3;2*4-10,12-15H,1-3H3;3,6H,1-2H3;;;;/q4*-1;;;;;. The van der Waals surface area contributed by atoms with E-state index in [0.717, 1.165) is 45.0 Å². The number of ketones is 1. The van der Waals surface area contributed by atoms with E-state index in [0.29, 0.717) is 0 Å². The quantitative estimate of drug-likeness (QED) is 0.0880. The second-order valence-electron chi connectivity index (χ2n) is 28.0. The molecule has 0 aliphatic rings. The van der Waals surface area contributed by atoms with Crippen molar-refractivity contribution in [2.75, 3.05) is 0 Å². The summed E-state index contributed by atoms with van der Waals surface area (Å²) in [6.45, 7) is 31.6. The van der Waals surface area contributed by atoms with Crippen LogP contribution in [0.4, 0.5) is 0 Å². The molecule has 0 bridgehead atoms. The number of pyridine rings is 4. The summed E-state index contributed by atoms with van der Waals surface area (Å²) in [5, 5.41) is 8.36. The van der Waals surface area contributed by atoms with E-state index in [1.54, 1.807) is 0 Å². The maximum absolute atomic E-state index is 10.0. The smallest absolute Gasteiger partial charge is 0.155 e. The van der Waals surface area contributed by atoms with E-state index >= 15 is 0 Å². The van der Waals surface area contributed by atoms with Gasteiger partial charge < -0.3 is 25.0 Å². The van der Waals surface area contributed by atoms with Crippen molar-refractivity contribution in [1.82, 2.24) is 19.9 Å². The number of hydrogen-bond acceptors (Lipinski definition) is 6. The average Bonchev–Trinajstić information content (AvgIpc) is 0.762. The number of allylic oxidation sites excluding steroid dienone is 2. The predicted octanol–water partition coefficient (Wildman–Crippen LogP) is 23.4. The molecular weight excluding hydrogens is 1940 g/mol. The Morgan fingerprint density at radius 1 is 0.330 bits per heavy atom. The SMILES string of the molecule is CC(=O)C=C(C)O.CC(C)(C)c1ccc(-c2[c-]ccc(-c3ccccc3)c2)nc1.CC(C)(C)c1ccc(-c2cc[c-]c(-c3ccccn3)c2)cc1.CC(C)(C)c1ccnc(-c2[c-]ccc(-c3ccccc3)c2)c1.Cc1ccc(-c2[c-]ccc(-c3ccc(C(C)(C)C)cc3)c2)nc1.[Ir].[Ir].[Ir].[Ir]. The van der Waals surface area contributed by atoms with Crippen LogP contribution >= 0.6 is 0 Å². The van der Waals surface area contributed by atoms with Crippen molar-refractivity contribution in [3.63, 3.8) is 0 Å². The van der Waals surface area contributed by atoms with E-state index in [2.05, 4.69) is 303 Å². The van der Waals surface area contributed by atoms with Gasteiger partial charge >= 0.3 is 0 Å². The molecule has 8 aromatic carbocycles. The van der Waals surface area contributed by atoms with Gasteiger partial charge in [-0.25, -0.2) is 0 Å². The summed E-state index contributed by atoms with van der Waals surface area (Å²) in [6.07, 6.45) is 8.74. The fourth-order valence-corrected chi connectivity index (χ4v) is 10.2. The molecule has 522 valence electrons. The largest absolute Gasteiger partial charge is 0.512 e. The number of aliphatic hydroxyl groups is 1. The Labute approximate surface area is 650 Å². The molecular formula is C90H90Ir4N4O2-4. The third-order valence-corrected chi connectivity index (χ3v) is 15.9. The molecule has 0 unspecified atom stereocenters. The maximum atomic E-state index is 10.0. The molecule has 0 saturated carbocycles. The van der Waals surface area contributed by atoms with E-state index in [-0.39, 0.29) is 114 Å². The molecule has 4 aromatic heterocycles. The summed E-state index contributed by atoms with van der Waals surface area (Å²) in [6, 6.07) is 95.0. The first-order chi connectivity index (χ1) is 45.7. The van der Waals surface area contributed by atoms with Crippen LogP contribution in [0.1, 0.15) is 125 Å². The monoisotopic (exact) mass is 2030 g/mol. The first-order valence-electron chi connectivity index (χ1n) is 32.7. The summed E-state index contributed by atoms with van der Waals surface area (Å²) in [5.41, 5.74) is 24.6. The van der Waals surface area contributed by atoms with Gasteiger partial charge in [0.05, 0.1) is 5.76 Å². The van der Waals surface area contributed by atoms with Crippen molar-refractivity contribution < 1.29 is 90.3 Å². The Balaban J connectivity index is 0.000000270. The summed E-state index contributed by atoms with van der Waals surface area (Å²) in [5.74, 6) is -0.0625. The van der Waals surface area contributed by atoms with Crippen LogP contribution in [0.5, 0.6) is 0 Å². The third kappa shape index (κ3) is 26.0. The fraction of sp³-hybridized carbons (Fsp3) is 0.211. The van der Waals surface area contributed by atoms with Crippen molar-refractivity contribution in [3.05, 3.63) is 325 Å². The van der Waals surface area contributed by atoms with Crippen LogP contribution in [0.3, 0.4) is 0 Å². The number of hydrogen-bond donors (Lipinski definition) is 1. The zero-order valence-electron chi connectivity index (χ0n) is 59.9. The average molecular weight is 2030 g/mol. The van der Waals surface area contributed by atoms with Gasteiger partial charge in [0.2, 0.25) is 0 Å². The molecule has 0 amide bonds. The summed E-state index contributed by atoms with van der Waals surface area (Å²) < 4.78 is 0. The Hall–Kier alpha value is -7.83. The minimum absolute atomic E-state index is 0. The second-order valence-corrected chi connectivity index (χ2v) is 28.0. The molecule has 0 aliphatic heterocycles. The van der Waals surface area contributed by atoms with Gasteiger partial charge in [-0.1, -0.05) is 235 Å². The number of nitrogens with zero attached hydrogens (tertiary/aromatic N) is 4. The summed E-state index contributed by atoms with van der Waals surface area (Å²) in [7, 11) is 0. The number of benzene rings is 8. The van der Waals surface area contributed by atoms with Crippen LogP contribution in [0.2, 0.25) is 0 Å². The molecule has 12 aromatic rings. The molecule has 6 nitrogen and oxygen atoms in total. The van der Waals surface area contributed by atoms with Gasteiger partial charge in [0.1, 0.15) is 0 Å². The minimum atomic E-state index is -0.125. The molecule has 4 heterocycles. The second kappa shape index (κ2) is 39.4. The Bertz CT molecular complexity index is 4320. The predicted molar refractivity (Wildman–Crippen MR) is 402 cm³/mol. The van der Waals surface area contributed by atoms with Gasteiger partial charge in [-0.3, -0.25) is 4.79 Å². The molecule has 1 N–H and O–H groups in total. The van der Waals surface area contributed by atoms with Crippen LogP contribution in [0, 0.1) is 31.2 Å². The van der Waals surface area contributed by atoms with Crippen LogP contribution in [0.25, 0.3) is 89.5 Å². The van der Waals surface area contributed by atoms with Crippen molar-refractivity contribution >= 4 is 5.78 Å². The van der Waals surface area contributed by atoms with Gasteiger partial charge in [0.15, 0.2) is 5.78 Å². The van der Waals surface area contributed by atoms with E-state index in [9.17, 15) is 4.79 Å². The van der Waals surface area contributed by atoms with Gasteiger partial charge in [-0.15, -0.1) is 142 Å². The van der Waals surface area contributed by atoms with Crippen LogP contribution in [-0.4, -0.2) is 30.8 Å². The Kier molecular flexibility index (Phi) is 33.3. The first-order valence-corrected chi connectivity index (χ1v) is 32.7. The molecule has 0 spiro atoms. The number of aliphatic hydroxyl groups excluding tert-OH is 1. The minimum Gasteiger partial charge on any atom is -0.512 e. The summed E-state index contributed by atoms with van der Waals surface area (Å²) >= 11 is 0. The van der Waals surface area contributed by atoms with E-state index in [4.69, 9.17) is 5.11 Å². The summed E-state index contributed by atoms with van der Waals surface area (Å²) in [4.78, 5) is 28.1. The maximum Gasteiger partial charge on any atom is 0.155 e. The Morgan fingerprint density at radius 3 is 0.990 bits per heavy atom. The van der Waals surface area contributed by atoms with Gasteiger partial charge in [-0.05, 0) is 127 Å². The van der Waals surface area contributed by atoms with Gasteiger partial charge in [-0.2, -0.15) is 0 Å². The van der Waals surface area contributed by atoms with Crippen molar-refractivity contribution in [2.24, 2.45) is 0 Å². The number of aromatic nitrogens is 4. The topological polar surface area (TPSA) is 88.9 Å². The van der Waals surface area contributed by atoms with E-state index in [1.165, 1.54) is 92.2 Å². The number of carbonyl (C=O) groups is 1. The van der Waals surface area contributed by atoms with Crippen LogP contribution in [0.15, 0.2) is 273 Å². The molecule has 0 aliphatic carbocycles. The third-order valence-electron chi connectivity index (χ3n) is 15.9. The molecule has 12 rings (SSSR count). The fourth-order valence-electron chi connectivity index (χ4n) is 10.2. The number of carbonyl (C=O) groups excluding carboxylic acids is 1. The number of rotatable bonds is 9. The van der Waals surface area contributed by atoms with E-state index < -0.39 is 0 Å². The molecule has 100 heavy (non-hydrogen) atoms. The van der Waals surface area contributed by atoms with E-state index in [1.807, 2.05) is 92.4 Å². The molecule has 4 radical (unpaired) electrons. The van der Waals surface area contributed by atoms with Gasteiger partial charge in [0.25, 0.3) is 0 Å². The molecule has 0 saturated heterocycles. The zero-order valence-corrected chi connectivity index (χ0v) is 69.5. The molecule has 10 heteroatoms. The first kappa shape index (κ1) is 84.6. The Morgan fingerprint density at radius 2 is 0.670 bits per heavy atom. The zero-order chi connectivity index (χ0) is 69.0. The normalized spacial score (nSPS) is 11.0. The molecule has 0 atom stereocenters. The van der Waals surface area contributed by atoms with Crippen molar-refractivity contribution in [3.8, 4) is 89.5 Å². The van der Waals surface area contributed by atoms with Crippen molar-refractivity contribution in [2.45, 2.75) is 126 Å². The van der Waals surface area contributed by atoms with Gasteiger partial charge in [0, 0.05) is 111 Å². The van der Waals surface area contributed by atoms with Crippen LogP contribution < -0.4 is 0 Å². The number of aryl methyl sites for hydroxylation is 1.